The van der Waals surface area contributed by atoms with Gasteiger partial charge in [-0.15, -0.1) is 0 Å². The van der Waals surface area contributed by atoms with Gasteiger partial charge >= 0.3 is 0 Å². The quantitative estimate of drug-likeness (QED) is 0.721. The molecule has 3 rings (SSSR count). The van der Waals surface area contributed by atoms with E-state index >= 15 is 0 Å². The van der Waals surface area contributed by atoms with Crippen LogP contribution < -0.4 is 16.0 Å². The summed E-state index contributed by atoms with van der Waals surface area (Å²) in [5, 5.41) is 9.04. The van der Waals surface area contributed by atoms with Gasteiger partial charge in [-0.25, -0.2) is 0 Å². The summed E-state index contributed by atoms with van der Waals surface area (Å²) in [7, 11) is 0. The second-order valence-corrected chi connectivity index (χ2v) is 7.16. The van der Waals surface area contributed by atoms with E-state index in [1.54, 1.807) is 24.3 Å². The third-order valence-corrected chi connectivity index (χ3v) is 4.85. The zero-order chi connectivity index (χ0) is 19.1. The molecule has 0 bridgehead atoms. The molecule has 1 aliphatic rings. The maximum Gasteiger partial charge on any atom is 0.251 e. The molecule has 0 spiro atoms. The van der Waals surface area contributed by atoms with Crippen LogP contribution in [-0.4, -0.2) is 24.4 Å². The summed E-state index contributed by atoms with van der Waals surface area (Å²) < 4.78 is 0. The van der Waals surface area contributed by atoms with Crippen molar-refractivity contribution in [1.29, 1.82) is 0 Å². The van der Waals surface area contributed by atoms with E-state index in [0.717, 1.165) is 18.5 Å². The van der Waals surface area contributed by atoms with E-state index in [-0.39, 0.29) is 24.4 Å². The fourth-order valence-corrected chi connectivity index (χ4v) is 3.31. The number of anilines is 2. The van der Waals surface area contributed by atoms with Gasteiger partial charge in [-0.3, -0.25) is 9.59 Å². The molecule has 0 saturated heterocycles. The molecule has 0 radical (unpaired) electrons. The second kappa shape index (κ2) is 9.21. The minimum Gasteiger partial charge on any atom is -0.376 e. The van der Waals surface area contributed by atoms with Crippen molar-refractivity contribution in [3.8, 4) is 0 Å². The van der Waals surface area contributed by atoms with Crippen molar-refractivity contribution in [3.05, 3.63) is 59.7 Å². The summed E-state index contributed by atoms with van der Waals surface area (Å²) in [5.41, 5.74) is 3.27. The van der Waals surface area contributed by atoms with Crippen molar-refractivity contribution in [1.82, 2.24) is 5.32 Å². The molecule has 142 valence electrons. The van der Waals surface area contributed by atoms with Crippen LogP contribution in [0.15, 0.2) is 48.5 Å². The molecule has 1 aliphatic carbocycles. The number of aryl methyl sites for hydroxylation is 1. The van der Waals surface area contributed by atoms with Gasteiger partial charge in [0.1, 0.15) is 0 Å². The predicted octanol–water partition coefficient (Wildman–Crippen LogP) is 4.11. The average Bonchev–Trinajstić information content (AvgIpc) is 2.68. The standard InChI is InChI=1S/C22H27N3O2/c1-16-10-12-18(13-11-16)23-15-21(26)24-20-9-5-6-17(14-20)22(27)25-19-7-3-2-4-8-19/h5-6,9-14,19,23H,2-4,7-8,15H2,1H3,(H,24,26)(H,25,27). The Morgan fingerprint density at radius 1 is 0.963 bits per heavy atom. The highest BCUT2D eigenvalue weighted by molar-refractivity contribution is 5.98. The first-order chi connectivity index (χ1) is 13.1. The number of amides is 2. The molecule has 27 heavy (non-hydrogen) atoms. The van der Waals surface area contributed by atoms with E-state index in [1.807, 2.05) is 31.2 Å². The lowest BCUT2D eigenvalue weighted by Crippen LogP contribution is -2.36. The molecule has 2 aromatic carbocycles. The van der Waals surface area contributed by atoms with Crippen molar-refractivity contribution < 1.29 is 9.59 Å². The Kier molecular flexibility index (Phi) is 6.47. The van der Waals surface area contributed by atoms with Gasteiger partial charge in [0, 0.05) is 23.0 Å². The predicted molar refractivity (Wildman–Crippen MR) is 109 cm³/mol. The van der Waals surface area contributed by atoms with E-state index in [1.165, 1.54) is 24.8 Å². The fourth-order valence-electron chi connectivity index (χ4n) is 3.31. The second-order valence-electron chi connectivity index (χ2n) is 7.16. The number of carbonyl (C=O) groups excluding carboxylic acids is 2. The van der Waals surface area contributed by atoms with E-state index in [4.69, 9.17) is 0 Å². The Hall–Kier alpha value is -2.82. The molecule has 2 amide bonds. The third kappa shape index (κ3) is 5.84. The monoisotopic (exact) mass is 365 g/mol. The van der Waals surface area contributed by atoms with E-state index < -0.39 is 0 Å². The number of nitrogens with one attached hydrogen (secondary N) is 3. The van der Waals surface area contributed by atoms with Gasteiger partial charge in [-0.05, 0) is 50.1 Å². The molecule has 0 heterocycles. The molecular formula is C22H27N3O2. The molecule has 5 nitrogen and oxygen atoms in total. The van der Waals surface area contributed by atoms with Crippen LogP contribution in [0.2, 0.25) is 0 Å². The zero-order valence-electron chi connectivity index (χ0n) is 15.8. The van der Waals surface area contributed by atoms with Crippen LogP contribution in [0.1, 0.15) is 48.0 Å². The van der Waals surface area contributed by atoms with Gasteiger partial charge in [-0.1, -0.05) is 43.0 Å². The molecule has 0 aromatic heterocycles. The number of benzene rings is 2. The normalized spacial score (nSPS) is 14.4. The Labute approximate surface area is 160 Å². The Morgan fingerprint density at radius 3 is 2.44 bits per heavy atom. The maximum atomic E-state index is 12.5. The van der Waals surface area contributed by atoms with Gasteiger partial charge in [0.25, 0.3) is 5.91 Å². The van der Waals surface area contributed by atoms with Gasteiger partial charge in [0.15, 0.2) is 0 Å². The third-order valence-electron chi connectivity index (χ3n) is 4.85. The lowest BCUT2D eigenvalue weighted by Gasteiger charge is -2.22. The molecule has 2 aromatic rings. The highest BCUT2D eigenvalue weighted by Crippen LogP contribution is 2.18. The summed E-state index contributed by atoms with van der Waals surface area (Å²) in [6.07, 6.45) is 5.70. The van der Waals surface area contributed by atoms with Crippen LogP contribution in [0.3, 0.4) is 0 Å². The highest BCUT2D eigenvalue weighted by Gasteiger charge is 2.17. The smallest absolute Gasteiger partial charge is 0.251 e. The maximum absolute atomic E-state index is 12.5. The molecule has 0 atom stereocenters. The SMILES string of the molecule is Cc1ccc(NCC(=O)Nc2cccc(C(=O)NC3CCCCC3)c2)cc1. The van der Waals surface area contributed by atoms with Gasteiger partial charge in [-0.2, -0.15) is 0 Å². The van der Waals surface area contributed by atoms with Crippen molar-refractivity contribution in [2.75, 3.05) is 17.2 Å². The van der Waals surface area contributed by atoms with Crippen LogP contribution in [0.25, 0.3) is 0 Å². The van der Waals surface area contributed by atoms with Crippen LogP contribution in [0.5, 0.6) is 0 Å². The first-order valence-electron chi connectivity index (χ1n) is 9.61. The minimum atomic E-state index is -0.152. The lowest BCUT2D eigenvalue weighted by molar-refractivity contribution is -0.114. The van der Waals surface area contributed by atoms with Gasteiger partial charge in [0.2, 0.25) is 5.91 Å². The van der Waals surface area contributed by atoms with E-state index in [9.17, 15) is 9.59 Å². The van der Waals surface area contributed by atoms with Crippen LogP contribution in [0, 0.1) is 6.92 Å². The Balaban J connectivity index is 1.52. The fraction of sp³-hybridized carbons (Fsp3) is 0.364. The summed E-state index contributed by atoms with van der Waals surface area (Å²) in [6, 6.07) is 15.2. The summed E-state index contributed by atoms with van der Waals surface area (Å²) >= 11 is 0. The van der Waals surface area contributed by atoms with Crippen molar-refractivity contribution in [2.24, 2.45) is 0 Å². The van der Waals surface area contributed by atoms with Gasteiger partial charge < -0.3 is 16.0 Å². The number of hydrogen-bond acceptors (Lipinski definition) is 3. The van der Waals surface area contributed by atoms with E-state index in [2.05, 4.69) is 16.0 Å². The Morgan fingerprint density at radius 2 is 1.70 bits per heavy atom. The molecule has 1 saturated carbocycles. The topological polar surface area (TPSA) is 70.2 Å². The largest absolute Gasteiger partial charge is 0.376 e. The number of carbonyl (C=O) groups is 2. The van der Waals surface area contributed by atoms with Crippen LogP contribution in [-0.2, 0) is 4.79 Å². The molecule has 0 unspecified atom stereocenters. The summed E-state index contributed by atoms with van der Waals surface area (Å²) in [4.78, 5) is 24.6. The van der Waals surface area contributed by atoms with Crippen molar-refractivity contribution in [2.45, 2.75) is 45.1 Å². The lowest BCUT2D eigenvalue weighted by atomic mass is 9.95. The molecule has 0 aliphatic heterocycles. The molecule has 5 heteroatoms. The van der Waals surface area contributed by atoms with Gasteiger partial charge in [0.05, 0.1) is 6.54 Å². The number of rotatable bonds is 6. The first-order valence-corrected chi connectivity index (χ1v) is 9.61. The minimum absolute atomic E-state index is 0.0734. The first kappa shape index (κ1) is 19.0. The molecule has 3 N–H and O–H groups in total. The van der Waals surface area contributed by atoms with E-state index in [0.29, 0.717) is 11.3 Å². The summed E-state index contributed by atoms with van der Waals surface area (Å²) in [5.74, 6) is -0.226. The van der Waals surface area contributed by atoms with Crippen molar-refractivity contribution in [3.63, 3.8) is 0 Å². The van der Waals surface area contributed by atoms with Crippen LogP contribution in [0.4, 0.5) is 11.4 Å². The van der Waals surface area contributed by atoms with Crippen LogP contribution >= 0.6 is 0 Å². The zero-order valence-corrected chi connectivity index (χ0v) is 15.8. The van der Waals surface area contributed by atoms with Crippen molar-refractivity contribution >= 4 is 23.2 Å². The average molecular weight is 365 g/mol. The summed E-state index contributed by atoms with van der Waals surface area (Å²) in [6.45, 7) is 2.19. The highest BCUT2D eigenvalue weighted by atomic mass is 16.2. The molecular weight excluding hydrogens is 338 g/mol. The Bertz CT molecular complexity index is 780. The molecule has 1 fully saturated rings. The number of hydrogen-bond donors (Lipinski definition) is 3.